The molecule has 0 bridgehead atoms. The molecule has 1 N–H and O–H groups in total. The van der Waals surface area contributed by atoms with Gasteiger partial charge in [0.2, 0.25) is 0 Å². The lowest BCUT2D eigenvalue weighted by atomic mass is 10.0. The molecule has 12 heavy (non-hydrogen) atoms. The van der Waals surface area contributed by atoms with E-state index < -0.39 is 0 Å². The van der Waals surface area contributed by atoms with Crippen LogP contribution in [0.3, 0.4) is 0 Å². The van der Waals surface area contributed by atoms with Crippen LogP contribution in [0, 0.1) is 6.92 Å². The zero-order valence-electron chi connectivity index (χ0n) is 7.72. The van der Waals surface area contributed by atoms with Crippen molar-refractivity contribution in [1.82, 2.24) is 0 Å². The number of benzene rings is 1. The number of hydrogen-bond donors (Lipinski definition) is 1. The summed E-state index contributed by atoms with van der Waals surface area (Å²) in [4.78, 5) is 0. The predicted molar refractivity (Wildman–Crippen MR) is 48.8 cm³/mol. The van der Waals surface area contributed by atoms with Crippen molar-refractivity contribution in [3.63, 3.8) is 0 Å². The van der Waals surface area contributed by atoms with Gasteiger partial charge in [-0.05, 0) is 31.0 Å². The third-order valence-corrected chi connectivity index (χ3v) is 2.10. The minimum Gasteiger partial charge on any atom is -0.508 e. The number of ether oxygens (including phenoxy) is 1. The number of hydrogen-bond acceptors (Lipinski definition) is 2. The van der Waals surface area contributed by atoms with Crippen LogP contribution in [0.5, 0.6) is 11.5 Å². The first kappa shape index (κ1) is 8.91. The van der Waals surface area contributed by atoms with Crippen LogP contribution in [0.15, 0.2) is 12.1 Å². The van der Waals surface area contributed by atoms with Crippen molar-refractivity contribution in [1.29, 1.82) is 0 Å². The maximum Gasteiger partial charge on any atom is 0.122 e. The van der Waals surface area contributed by atoms with Crippen LogP contribution in [0.2, 0.25) is 0 Å². The van der Waals surface area contributed by atoms with Crippen LogP contribution in [-0.4, -0.2) is 12.2 Å². The molecule has 0 saturated heterocycles. The molecule has 2 nitrogen and oxygen atoms in total. The molecule has 0 radical (unpaired) electrons. The second kappa shape index (κ2) is 3.48. The molecule has 0 amide bonds. The molecule has 66 valence electrons. The summed E-state index contributed by atoms with van der Waals surface area (Å²) < 4.78 is 5.13. The first-order valence-corrected chi connectivity index (χ1v) is 4.06. The molecule has 0 spiro atoms. The molecule has 0 unspecified atom stereocenters. The maximum atomic E-state index is 9.46. The third kappa shape index (κ3) is 1.37. The van der Waals surface area contributed by atoms with Gasteiger partial charge in [-0.15, -0.1) is 0 Å². The Hall–Kier alpha value is -1.18. The average molecular weight is 166 g/mol. The summed E-state index contributed by atoms with van der Waals surface area (Å²) in [6.45, 7) is 3.97. The van der Waals surface area contributed by atoms with Crippen LogP contribution in [0.1, 0.15) is 18.1 Å². The van der Waals surface area contributed by atoms with E-state index in [9.17, 15) is 5.11 Å². The highest BCUT2D eigenvalue weighted by atomic mass is 16.5. The van der Waals surface area contributed by atoms with Gasteiger partial charge in [-0.1, -0.05) is 6.92 Å². The molecule has 0 fully saturated rings. The van der Waals surface area contributed by atoms with Gasteiger partial charge in [-0.25, -0.2) is 0 Å². The molecule has 0 atom stereocenters. The molecule has 2 heteroatoms. The maximum absolute atomic E-state index is 9.46. The standard InChI is InChI=1S/C10H14O2/c1-4-8-7(2)10(12-3)6-5-9(8)11/h5-6,11H,4H2,1-3H3. The number of aromatic hydroxyl groups is 1. The van der Waals surface area contributed by atoms with Crippen LogP contribution in [0.4, 0.5) is 0 Å². The van der Waals surface area contributed by atoms with Gasteiger partial charge in [0, 0.05) is 5.56 Å². The SMILES string of the molecule is CCc1c(O)ccc(OC)c1C. The first-order chi connectivity index (χ1) is 5.70. The van der Waals surface area contributed by atoms with Crippen molar-refractivity contribution in [3.05, 3.63) is 23.3 Å². The number of phenolic OH excluding ortho intramolecular Hbond substituents is 1. The zero-order chi connectivity index (χ0) is 9.14. The molecule has 0 saturated carbocycles. The van der Waals surface area contributed by atoms with Gasteiger partial charge in [-0.3, -0.25) is 0 Å². The van der Waals surface area contributed by atoms with Crippen LogP contribution < -0.4 is 4.74 Å². The Labute approximate surface area is 72.8 Å². The minimum absolute atomic E-state index is 0.357. The number of rotatable bonds is 2. The summed E-state index contributed by atoms with van der Waals surface area (Å²) in [6.07, 6.45) is 0.828. The quantitative estimate of drug-likeness (QED) is 0.730. The van der Waals surface area contributed by atoms with Gasteiger partial charge in [0.15, 0.2) is 0 Å². The molecule has 0 aromatic heterocycles. The summed E-state index contributed by atoms with van der Waals surface area (Å²) in [5.41, 5.74) is 1.99. The van der Waals surface area contributed by atoms with E-state index in [-0.39, 0.29) is 0 Å². The molecule has 0 aliphatic carbocycles. The van der Waals surface area contributed by atoms with E-state index in [0.29, 0.717) is 5.75 Å². The highest BCUT2D eigenvalue weighted by molar-refractivity contribution is 5.47. The topological polar surface area (TPSA) is 29.5 Å². The Morgan fingerprint density at radius 2 is 2.08 bits per heavy atom. The number of phenols is 1. The molecule has 1 rings (SSSR count). The molecule has 0 aliphatic heterocycles. The van der Waals surface area contributed by atoms with E-state index in [2.05, 4.69) is 0 Å². The van der Waals surface area contributed by atoms with Crippen LogP contribution in [0.25, 0.3) is 0 Å². The Morgan fingerprint density at radius 3 is 2.58 bits per heavy atom. The van der Waals surface area contributed by atoms with Gasteiger partial charge < -0.3 is 9.84 Å². The predicted octanol–water partition coefficient (Wildman–Crippen LogP) is 2.27. The first-order valence-electron chi connectivity index (χ1n) is 4.06. The third-order valence-electron chi connectivity index (χ3n) is 2.10. The summed E-state index contributed by atoms with van der Waals surface area (Å²) in [5, 5.41) is 9.46. The van der Waals surface area contributed by atoms with Crippen molar-refractivity contribution in [2.24, 2.45) is 0 Å². The second-order valence-electron chi connectivity index (χ2n) is 2.74. The molecular formula is C10H14O2. The van der Waals surface area contributed by atoms with Gasteiger partial charge >= 0.3 is 0 Å². The fourth-order valence-electron chi connectivity index (χ4n) is 1.39. The van der Waals surface area contributed by atoms with E-state index in [1.165, 1.54) is 0 Å². The Balaban J connectivity index is 3.24. The lowest BCUT2D eigenvalue weighted by Crippen LogP contribution is -1.92. The van der Waals surface area contributed by atoms with Crippen molar-refractivity contribution >= 4 is 0 Å². The van der Waals surface area contributed by atoms with Gasteiger partial charge in [0.1, 0.15) is 11.5 Å². The minimum atomic E-state index is 0.357. The smallest absolute Gasteiger partial charge is 0.122 e. The van der Waals surface area contributed by atoms with E-state index in [4.69, 9.17) is 4.74 Å². The molecule has 1 aromatic carbocycles. The Kier molecular flexibility index (Phi) is 2.58. The van der Waals surface area contributed by atoms with Crippen molar-refractivity contribution in [2.45, 2.75) is 20.3 Å². The zero-order valence-corrected chi connectivity index (χ0v) is 7.72. The van der Waals surface area contributed by atoms with E-state index in [1.807, 2.05) is 13.8 Å². The molecule has 0 heterocycles. The highest BCUT2D eigenvalue weighted by Gasteiger charge is 2.06. The van der Waals surface area contributed by atoms with Crippen molar-refractivity contribution in [2.75, 3.05) is 7.11 Å². The summed E-state index contributed by atoms with van der Waals surface area (Å²) in [6, 6.07) is 3.45. The summed E-state index contributed by atoms with van der Waals surface area (Å²) >= 11 is 0. The summed E-state index contributed by atoms with van der Waals surface area (Å²) in [7, 11) is 1.64. The largest absolute Gasteiger partial charge is 0.508 e. The Bertz CT molecular complexity index is 279. The van der Waals surface area contributed by atoms with Crippen LogP contribution in [-0.2, 0) is 6.42 Å². The lowest BCUT2D eigenvalue weighted by Gasteiger charge is -2.10. The van der Waals surface area contributed by atoms with Gasteiger partial charge in [0.05, 0.1) is 7.11 Å². The number of methoxy groups -OCH3 is 1. The van der Waals surface area contributed by atoms with E-state index in [1.54, 1.807) is 19.2 Å². The monoisotopic (exact) mass is 166 g/mol. The average Bonchev–Trinajstić information content (AvgIpc) is 2.06. The van der Waals surface area contributed by atoms with Crippen LogP contribution >= 0.6 is 0 Å². The summed E-state index contributed by atoms with van der Waals surface area (Å²) in [5.74, 6) is 1.19. The fraction of sp³-hybridized carbons (Fsp3) is 0.400. The van der Waals surface area contributed by atoms with Gasteiger partial charge in [-0.2, -0.15) is 0 Å². The van der Waals surface area contributed by atoms with Crippen molar-refractivity contribution < 1.29 is 9.84 Å². The van der Waals surface area contributed by atoms with Crippen molar-refractivity contribution in [3.8, 4) is 11.5 Å². The Morgan fingerprint density at radius 1 is 1.42 bits per heavy atom. The fourth-order valence-corrected chi connectivity index (χ4v) is 1.39. The molecular weight excluding hydrogens is 152 g/mol. The second-order valence-corrected chi connectivity index (χ2v) is 2.74. The van der Waals surface area contributed by atoms with E-state index >= 15 is 0 Å². The highest BCUT2D eigenvalue weighted by Crippen LogP contribution is 2.28. The molecule has 0 aliphatic rings. The van der Waals surface area contributed by atoms with E-state index in [0.717, 1.165) is 23.3 Å². The normalized spacial score (nSPS) is 9.92. The molecule has 1 aromatic rings. The lowest BCUT2D eigenvalue weighted by molar-refractivity contribution is 0.407. The van der Waals surface area contributed by atoms with Gasteiger partial charge in [0.25, 0.3) is 0 Å².